The van der Waals surface area contributed by atoms with Gasteiger partial charge in [-0.15, -0.1) is 24.0 Å². The number of hydrogen-bond donors (Lipinski definition) is 2. The monoisotopic (exact) mass is 527 g/mol. The van der Waals surface area contributed by atoms with Gasteiger partial charge in [0.25, 0.3) is 5.69 Å². The number of amides is 1. The molecule has 0 bridgehead atoms. The van der Waals surface area contributed by atoms with Crippen LogP contribution in [0.2, 0.25) is 0 Å². The van der Waals surface area contributed by atoms with Crippen molar-refractivity contribution in [1.29, 1.82) is 0 Å². The molecule has 2 rings (SSSR count). The number of nitrogens with zero attached hydrogens (tertiary/aromatic N) is 3. The van der Waals surface area contributed by atoms with Crippen molar-refractivity contribution in [2.24, 2.45) is 4.99 Å². The number of rotatable bonds is 9. The maximum absolute atomic E-state index is 11.8. The Morgan fingerprint density at radius 3 is 2.37 bits per heavy atom. The molecular weight excluding hydrogens is 501 g/mol. The van der Waals surface area contributed by atoms with Gasteiger partial charge >= 0.3 is 0 Å². The summed E-state index contributed by atoms with van der Waals surface area (Å²) in [7, 11) is 3.36. The second-order valence-electron chi connectivity index (χ2n) is 6.32. The lowest BCUT2D eigenvalue weighted by molar-refractivity contribution is -0.384. The molecule has 1 amide bonds. The van der Waals surface area contributed by atoms with Gasteiger partial charge in [0, 0.05) is 26.2 Å². The Balaban J connectivity index is 0.00000450. The number of nitrogens with one attached hydrogen (secondary N) is 2. The maximum atomic E-state index is 11.8. The first-order valence-electron chi connectivity index (χ1n) is 9.09. The van der Waals surface area contributed by atoms with Crippen molar-refractivity contribution in [3.05, 3.63) is 70.3 Å². The highest BCUT2D eigenvalue weighted by molar-refractivity contribution is 14.0. The molecule has 0 fully saturated rings. The molecule has 0 aliphatic rings. The SMILES string of the molecule is CN(C)C(=O)CNC(=NCc1ccc([N+](=O)[O-])cc1)NCCOc1ccccc1.I. The molecule has 0 radical (unpaired) electrons. The van der Waals surface area contributed by atoms with Crippen molar-refractivity contribution in [1.82, 2.24) is 15.5 Å². The van der Waals surface area contributed by atoms with Gasteiger partial charge < -0.3 is 20.3 Å². The van der Waals surface area contributed by atoms with Crippen molar-refractivity contribution in [2.75, 3.05) is 33.8 Å². The third kappa shape index (κ3) is 9.07. The predicted octanol–water partition coefficient (Wildman–Crippen LogP) is 2.42. The van der Waals surface area contributed by atoms with E-state index in [2.05, 4.69) is 15.6 Å². The van der Waals surface area contributed by atoms with Crippen LogP contribution in [-0.2, 0) is 11.3 Å². The number of aliphatic imine (C=N–C) groups is 1. The van der Waals surface area contributed by atoms with Crippen LogP contribution in [0.1, 0.15) is 5.56 Å². The van der Waals surface area contributed by atoms with Gasteiger partial charge in [0.2, 0.25) is 5.91 Å². The lowest BCUT2D eigenvalue weighted by atomic mass is 10.2. The van der Waals surface area contributed by atoms with Gasteiger partial charge in [0.1, 0.15) is 12.4 Å². The maximum Gasteiger partial charge on any atom is 0.269 e. The minimum absolute atomic E-state index is 0. The molecule has 0 saturated heterocycles. The fourth-order valence-electron chi connectivity index (χ4n) is 2.24. The number of halogens is 1. The number of nitro benzene ring substituents is 1. The van der Waals surface area contributed by atoms with E-state index >= 15 is 0 Å². The number of non-ortho nitro benzene ring substituents is 1. The van der Waals surface area contributed by atoms with Crippen LogP contribution < -0.4 is 15.4 Å². The number of guanidine groups is 1. The molecule has 9 nitrogen and oxygen atoms in total. The minimum atomic E-state index is -0.443. The summed E-state index contributed by atoms with van der Waals surface area (Å²) in [5, 5.41) is 16.8. The summed E-state index contributed by atoms with van der Waals surface area (Å²) < 4.78 is 5.63. The van der Waals surface area contributed by atoms with E-state index in [0.29, 0.717) is 25.7 Å². The number of benzene rings is 2. The van der Waals surface area contributed by atoms with E-state index in [-0.39, 0.29) is 42.1 Å². The molecule has 30 heavy (non-hydrogen) atoms. The molecule has 0 aromatic heterocycles. The van der Waals surface area contributed by atoms with Crippen LogP contribution in [0.15, 0.2) is 59.6 Å². The number of nitro groups is 1. The zero-order chi connectivity index (χ0) is 21.1. The van der Waals surface area contributed by atoms with Crippen LogP contribution in [0, 0.1) is 10.1 Å². The Hall–Kier alpha value is -2.89. The van der Waals surface area contributed by atoms with E-state index < -0.39 is 4.92 Å². The number of carbonyl (C=O) groups excluding carboxylic acids is 1. The molecule has 162 valence electrons. The highest BCUT2D eigenvalue weighted by atomic mass is 127. The molecule has 0 atom stereocenters. The Bertz CT molecular complexity index is 829. The molecule has 0 saturated carbocycles. The van der Waals surface area contributed by atoms with Gasteiger partial charge in [-0.3, -0.25) is 14.9 Å². The summed E-state index contributed by atoms with van der Waals surface area (Å²) in [5.74, 6) is 1.14. The van der Waals surface area contributed by atoms with E-state index in [1.54, 1.807) is 26.2 Å². The molecule has 0 heterocycles. The van der Waals surface area contributed by atoms with E-state index in [9.17, 15) is 14.9 Å². The van der Waals surface area contributed by atoms with E-state index in [1.165, 1.54) is 17.0 Å². The number of hydrogen-bond acceptors (Lipinski definition) is 5. The van der Waals surface area contributed by atoms with Crippen molar-refractivity contribution in [3.8, 4) is 5.75 Å². The average Bonchev–Trinajstić information content (AvgIpc) is 2.73. The first-order chi connectivity index (χ1) is 14.0. The lowest BCUT2D eigenvalue weighted by Crippen LogP contribution is -2.44. The molecule has 10 heteroatoms. The highest BCUT2D eigenvalue weighted by Crippen LogP contribution is 2.12. The van der Waals surface area contributed by atoms with Crippen molar-refractivity contribution >= 4 is 41.5 Å². The Labute approximate surface area is 192 Å². The van der Waals surface area contributed by atoms with Gasteiger partial charge in [0.15, 0.2) is 5.96 Å². The zero-order valence-electron chi connectivity index (χ0n) is 16.9. The van der Waals surface area contributed by atoms with Gasteiger partial charge in [-0.2, -0.15) is 0 Å². The summed E-state index contributed by atoms with van der Waals surface area (Å²) >= 11 is 0. The Morgan fingerprint density at radius 2 is 1.77 bits per heavy atom. The predicted molar refractivity (Wildman–Crippen MR) is 126 cm³/mol. The largest absolute Gasteiger partial charge is 0.492 e. The Morgan fingerprint density at radius 1 is 1.10 bits per heavy atom. The molecule has 2 aromatic carbocycles. The fraction of sp³-hybridized carbons (Fsp3) is 0.300. The van der Waals surface area contributed by atoms with Crippen LogP contribution in [-0.4, -0.2) is 55.5 Å². The van der Waals surface area contributed by atoms with E-state index in [0.717, 1.165) is 11.3 Å². The number of para-hydroxylation sites is 1. The number of carbonyl (C=O) groups is 1. The summed E-state index contributed by atoms with van der Waals surface area (Å²) in [6, 6.07) is 15.6. The second-order valence-corrected chi connectivity index (χ2v) is 6.32. The first-order valence-corrected chi connectivity index (χ1v) is 9.09. The van der Waals surface area contributed by atoms with Crippen molar-refractivity contribution < 1.29 is 14.5 Å². The van der Waals surface area contributed by atoms with E-state index in [1.807, 2.05) is 30.3 Å². The standard InChI is InChI=1S/C20H25N5O4.HI/c1-24(2)19(26)15-23-20(21-12-13-29-18-6-4-3-5-7-18)22-14-16-8-10-17(11-9-16)25(27)28;/h3-11H,12-15H2,1-2H3,(H2,21,22,23);1H. The highest BCUT2D eigenvalue weighted by Gasteiger charge is 2.07. The number of likely N-dealkylation sites (N-methyl/N-ethyl adjacent to an activating group) is 1. The first kappa shape index (κ1) is 25.1. The zero-order valence-corrected chi connectivity index (χ0v) is 19.2. The fourth-order valence-corrected chi connectivity index (χ4v) is 2.24. The van der Waals surface area contributed by atoms with Crippen LogP contribution in [0.4, 0.5) is 5.69 Å². The smallest absolute Gasteiger partial charge is 0.269 e. The van der Waals surface area contributed by atoms with Crippen molar-refractivity contribution in [2.45, 2.75) is 6.54 Å². The Kier molecular flexibility index (Phi) is 11.2. The van der Waals surface area contributed by atoms with Gasteiger partial charge in [-0.05, 0) is 17.7 Å². The summed E-state index contributed by atoms with van der Waals surface area (Å²) in [5.41, 5.74) is 0.847. The quantitative estimate of drug-likeness (QED) is 0.130. The molecule has 0 unspecified atom stereocenters. The van der Waals surface area contributed by atoms with E-state index in [4.69, 9.17) is 4.74 Å². The molecule has 2 N–H and O–H groups in total. The minimum Gasteiger partial charge on any atom is -0.492 e. The third-order valence-corrected chi connectivity index (χ3v) is 3.88. The second kappa shape index (κ2) is 13.4. The summed E-state index contributed by atoms with van der Waals surface area (Å²) in [6.45, 7) is 1.31. The van der Waals surface area contributed by atoms with Crippen LogP contribution in [0.25, 0.3) is 0 Å². The van der Waals surface area contributed by atoms with Crippen LogP contribution >= 0.6 is 24.0 Å². The average molecular weight is 527 g/mol. The van der Waals surface area contributed by atoms with Crippen LogP contribution in [0.5, 0.6) is 5.75 Å². The molecule has 2 aromatic rings. The third-order valence-electron chi connectivity index (χ3n) is 3.88. The van der Waals surface area contributed by atoms with Gasteiger partial charge in [-0.1, -0.05) is 30.3 Å². The molecular formula is C20H26IN5O4. The van der Waals surface area contributed by atoms with Crippen molar-refractivity contribution in [3.63, 3.8) is 0 Å². The normalized spacial score (nSPS) is 10.5. The number of ether oxygens (including phenoxy) is 1. The molecule has 0 aliphatic carbocycles. The molecule has 0 aliphatic heterocycles. The topological polar surface area (TPSA) is 109 Å². The van der Waals surface area contributed by atoms with Crippen LogP contribution in [0.3, 0.4) is 0 Å². The van der Waals surface area contributed by atoms with Gasteiger partial charge in [0.05, 0.1) is 24.6 Å². The molecule has 0 spiro atoms. The summed E-state index contributed by atoms with van der Waals surface area (Å²) in [6.07, 6.45) is 0. The lowest BCUT2D eigenvalue weighted by Gasteiger charge is -2.15. The summed E-state index contributed by atoms with van der Waals surface area (Å²) in [4.78, 5) is 28.1. The van der Waals surface area contributed by atoms with Gasteiger partial charge in [-0.25, -0.2) is 4.99 Å².